The summed E-state index contributed by atoms with van der Waals surface area (Å²) in [4.78, 5) is 11.3. The second-order valence-electron chi connectivity index (χ2n) is 3.25. The molecule has 3 N–H and O–H groups in total. The van der Waals surface area contributed by atoms with Gasteiger partial charge in [-0.15, -0.1) is 0 Å². The molecule has 0 radical (unpaired) electrons. The van der Waals surface area contributed by atoms with Crippen LogP contribution in [0.4, 0.5) is 5.69 Å². The van der Waals surface area contributed by atoms with Crippen LogP contribution in [0.25, 0.3) is 0 Å². The van der Waals surface area contributed by atoms with Crippen LogP contribution in [0, 0.1) is 11.3 Å². The van der Waals surface area contributed by atoms with E-state index in [2.05, 4.69) is 5.32 Å². The zero-order valence-corrected chi connectivity index (χ0v) is 8.93. The van der Waals surface area contributed by atoms with Crippen molar-refractivity contribution in [1.29, 1.82) is 5.26 Å². The van der Waals surface area contributed by atoms with Crippen LogP contribution in [0.2, 0.25) is 0 Å². The van der Waals surface area contributed by atoms with E-state index in [-0.39, 0.29) is 12.5 Å². The molecule has 84 valence electrons. The normalized spacial score (nSPS) is 11.3. The molecule has 0 aliphatic rings. The number of amides is 1. The van der Waals surface area contributed by atoms with E-state index >= 15 is 0 Å². The highest BCUT2D eigenvalue weighted by atomic mass is 16.5. The van der Waals surface area contributed by atoms with Crippen LogP contribution < -0.4 is 15.8 Å². The molecular formula is C11H13N3O2. The molecule has 1 amide bonds. The van der Waals surface area contributed by atoms with Crippen molar-refractivity contribution in [1.82, 2.24) is 0 Å². The Balaban J connectivity index is 2.58. The van der Waals surface area contributed by atoms with Crippen molar-refractivity contribution >= 4 is 11.6 Å². The molecule has 0 fully saturated rings. The molecule has 0 spiro atoms. The Morgan fingerprint density at radius 2 is 2.19 bits per heavy atom. The van der Waals surface area contributed by atoms with E-state index in [1.807, 2.05) is 6.07 Å². The summed E-state index contributed by atoms with van der Waals surface area (Å²) in [5.74, 6) is 0.339. The predicted octanol–water partition coefficient (Wildman–Crippen LogP) is 0.875. The molecule has 0 saturated carbocycles. The Morgan fingerprint density at radius 1 is 1.56 bits per heavy atom. The van der Waals surface area contributed by atoms with E-state index < -0.39 is 6.04 Å². The lowest BCUT2D eigenvalue weighted by Crippen LogP contribution is -2.32. The number of nitrogens with one attached hydrogen (secondary N) is 1. The molecule has 1 rings (SSSR count). The van der Waals surface area contributed by atoms with Gasteiger partial charge in [-0.05, 0) is 31.2 Å². The smallest absolute Gasteiger partial charge is 0.240 e. The summed E-state index contributed by atoms with van der Waals surface area (Å²) in [5.41, 5.74) is 6.05. The number of nitriles is 1. The summed E-state index contributed by atoms with van der Waals surface area (Å²) in [7, 11) is 0. The van der Waals surface area contributed by atoms with Crippen molar-refractivity contribution in [2.45, 2.75) is 13.0 Å². The number of ether oxygens (including phenoxy) is 1. The van der Waals surface area contributed by atoms with Gasteiger partial charge < -0.3 is 15.8 Å². The van der Waals surface area contributed by atoms with E-state index in [0.29, 0.717) is 11.4 Å². The molecular weight excluding hydrogens is 206 g/mol. The van der Waals surface area contributed by atoms with Crippen LogP contribution in [-0.2, 0) is 4.79 Å². The fourth-order valence-electron chi connectivity index (χ4n) is 1.01. The molecule has 1 atom stereocenters. The number of anilines is 1. The van der Waals surface area contributed by atoms with E-state index in [1.54, 1.807) is 31.2 Å². The number of carbonyl (C=O) groups excluding carboxylic acids is 1. The standard InChI is InChI=1S/C11H13N3O2/c1-8(13)11(15)14-9-2-4-10(5-3-9)16-7-6-12/h2-5,8H,7,13H2,1H3,(H,14,15)/t8-/m0/s1. The second kappa shape index (κ2) is 5.73. The molecule has 1 aromatic rings. The lowest BCUT2D eigenvalue weighted by molar-refractivity contribution is -0.117. The van der Waals surface area contributed by atoms with Crippen LogP contribution in [0.15, 0.2) is 24.3 Å². The third-order valence-electron chi connectivity index (χ3n) is 1.84. The number of nitrogens with zero attached hydrogens (tertiary/aromatic N) is 1. The fraction of sp³-hybridized carbons (Fsp3) is 0.273. The Bertz CT molecular complexity index is 393. The maximum Gasteiger partial charge on any atom is 0.240 e. The first-order chi connectivity index (χ1) is 7.63. The zero-order valence-electron chi connectivity index (χ0n) is 8.93. The number of benzene rings is 1. The molecule has 0 heterocycles. The van der Waals surface area contributed by atoms with Gasteiger partial charge >= 0.3 is 0 Å². The van der Waals surface area contributed by atoms with Gasteiger partial charge in [0.1, 0.15) is 11.8 Å². The summed E-state index contributed by atoms with van der Waals surface area (Å²) >= 11 is 0. The van der Waals surface area contributed by atoms with Crippen LogP contribution >= 0.6 is 0 Å². The van der Waals surface area contributed by atoms with Crippen molar-refractivity contribution in [2.75, 3.05) is 11.9 Å². The second-order valence-corrected chi connectivity index (χ2v) is 3.25. The molecule has 0 aliphatic carbocycles. The Kier molecular flexibility index (Phi) is 4.30. The topological polar surface area (TPSA) is 88.1 Å². The zero-order chi connectivity index (χ0) is 12.0. The third-order valence-corrected chi connectivity index (χ3v) is 1.84. The summed E-state index contributed by atoms with van der Waals surface area (Å²) in [6, 6.07) is 8.05. The predicted molar refractivity (Wildman–Crippen MR) is 59.8 cm³/mol. The Labute approximate surface area is 93.8 Å². The molecule has 0 aliphatic heterocycles. The minimum absolute atomic E-state index is 0.00550. The third kappa shape index (κ3) is 3.59. The van der Waals surface area contributed by atoms with Crippen molar-refractivity contribution < 1.29 is 9.53 Å². The van der Waals surface area contributed by atoms with Gasteiger partial charge in [0.25, 0.3) is 0 Å². The van der Waals surface area contributed by atoms with Crippen LogP contribution in [0.1, 0.15) is 6.92 Å². The SMILES string of the molecule is C[C@H](N)C(=O)Nc1ccc(OCC#N)cc1. The molecule has 0 saturated heterocycles. The minimum Gasteiger partial charge on any atom is -0.479 e. The highest BCUT2D eigenvalue weighted by Gasteiger charge is 2.06. The number of hydrogen-bond acceptors (Lipinski definition) is 4. The first kappa shape index (κ1) is 12.0. The molecule has 1 aromatic carbocycles. The maximum absolute atomic E-state index is 11.3. The number of rotatable bonds is 4. The van der Waals surface area contributed by atoms with Crippen molar-refractivity contribution in [2.24, 2.45) is 5.73 Å². The molecule has 0 aromatic heterocycles. The van der Waals surface area contributed by atoms with Gasteiger partial charge in [-0.3, -0.25) is 4.79 Å². The Hall–Kier alpha value is -2.06. The van der Waals surface area contributed by atoms with Gasteiger partial charge in [0.05, 0.1) is 6.04 Å². The fourth-order valence-corrected chi connectivity index (χ4v) is 1.01. The van der Waals surface area contributed by atoms with E-state index in [0.717, 1.165) is 0 Å². The monoisotopic (exact) mass is 219 g/mol. The van der Waals surface area contributed by atoms with Crippen molar-refractivity contribution in [3.05, 3.63) is 24.3 Å². The van der Waals surface area contributed by atoms with Gasteiger partial charge in [-0.1, -0.05) is 0 Å². The summed E-state index contributed by atoms with van der Waals surface area (Å²) in [6.45, 7) is 1.62. The first-order valence-corrected chi connectivity index (χ1v) is 4.79. The van der Waals surface area contributed by atoms with Crippen LogP contribution in [-0.4, -0.2) is 18.6 Å². The molecule has 5 nitrogen and oxygen atoms in total. The summed E-state index contributed by atoms with van der Waals surface area (Å²) in [5, 5.41) is 11.0. The van der Waals surface area contributed by atoms with Gasteiger partial charge in [0.2, 0.25) is 5.91 Å². The highest BCUT2D eigenvalue weighted by molar-refractivity contribution is 5.94. The summed E-state index contributed by atoms with van der Waals surface area (Å²) < 4.78 is 5.06. The van der Waals surface area contributed by atoms with Gasteiger partial charge in [-0.25, -0.2) is 0 Å². The number of hydrogen-bond donors (Lipinski definition) is 2. The van der Waals surface area contributed by atoms with Gasteiger partial charge in [0.15, 0.2) is 6.61 Å². The minimum atomic E-state index is -0.547. The quantitative estimate of drug-likeness (QED) is 0.786. The summed E-state index contributed by atoms with van der Waals surface area (Å²) in [6.07, 6.45) is 0. The van der Waals surface area contributed by atoms with Crippen molar-refractivity contribution in [3.63, 3.8) is 0 Å². The molecule has 0 unspecified atom stereocenters. The van der Waals surface area contributed by atoms with Crippen LogP contribution in [0.3, 0.4) is 0 Å². The average Bonchev–Trinajstić information content (AvgIpc) is 2.28. The maximum atomic E-state index is 11.3. The van der Waals surface area contributed by atoms with Crippen LogP contribution in [0.5, 0.6) is 5.75 Å². The average molecular weight is 219 g/mol. The van der Waals surface area contributed by atoms with Crippen molar-refractivity contribution in [3.8, 4) is 11.8 Å². The van der Waals surface area contributed by atoms with Gasteiger partial charge in [-0.2, -0.15) is 5.26 Å². The highest BCUT2D eigenvalue weighted by Crippen LogP contribution is 2.15. The number of carbonyl (C=O) groups is 1. The largest absolute Gasteiger partial charge is 0.479 e. The van der Waals surface area contributed by atoms with E-state index in [1.165, 1.54) is 0 Å². The number of nitrogens with two attached hydrogens (primary N) is 1. The van der Waals surface area contributed by atoms with E-state index in [9.17, 15) is 4.79 Å². The van der Waals surface area contributed by atoms with E-state index in [4.69, 9.17) is 15.7 Å². The molecule has 0 bridgehead atoms. The van der Waals surface area contributed by atoms with Gasteiger partial charge in [0, 0.05) is 5.69 Å². The lowest BCUT2D eigenvalue weighted by atomic mass is 10.2. The molecule has 5 heteroatoms. The molecule has 16 heavy (non-hydrogen) atoms. The lowest BCUT2D eigenvalue weighted by Gasteiger charge is -2.08. The first-order valence-electron chi connectivity index (χ1n) is 4.79. The Morgan fingerprint density at radius 3 is 2.69 bits per heavy atom.